The lowest BCUT2D eigenvalue weighted by Crippen LogP contribution is -2.27. The monoisotopic (exact) mass is 356 g/mol. The molecule has 1 aliphatic heterocycles. The molecule has 0 amide bonds. The van der Waals surface area contributed by atoms with Gasteiger partial charge in [-0.15, -0.1) is 0 Å². The fourth-order valence-corrected chi connectivity index (χ4v) is 3.92. The number of nitrogens with zero attached hydrogens (tertiary/aromatic N) is 2. The maximum absolute atomic E-state index is 10.4. The van der Waals surface area contributed by atoms with Crippen molar-refractivity contribution in [3.05, 3.63) is 105 Å². The Labute approximate surface area is 157 Å². The lowest BCUT2D eigenvalue weighted by atomic mass is 9.78. The predicted molar refractivity (Wildman–Crippen MR) is 104 cm³/mol. The molecule has 4 rings (SSSR count). The van der Waals surface area contributed by atoms with Gasteiger partial charge in [-0.3, -0.25) is 4.99 Å². The van der Waals surface area contributed by atoms with E-state index in [-0.39, 0.29) is 0 Å². The van der Waals surface area contributed by atoms with E-state index in [4.69, 9.17) is 16.6 Å². The Kier molecular flexibility index (Phi) is 3.90. The smallest absolute Gasteiger partial charge is 0.198 e. The van der Waals surface area contributed by atoms with Gasteiger partial charge in [0.2, 0.25) is 0 Å². The van der Waals surface area contributed by atoms with Gasteiger partial charge in [0.15, 0.2) is 5.54 Å². The molecular formula is C23H17ClN2. The number of fused-ring (bicyclic) bond motifs is 1. The van der Waals surface area contributed by atoms with Gasteiger partial charge in [-0.25, -0.2) is 0 Å². The number of nitriles is 1. The molecule has 0 bridgehead atoms. The van der Waals surface area contributed by atoms with Crippen molar-refractivity contribution in [1.82, 2.24) is 0 Å². The molecule has 2 nitrogen and oxygen atoms in total. The molecule has 0 N–H and O–H groups in total. The number of hydrogen-bond acceptors (Lipinski definition) is 2. The molecule has 0 saturated heterocycles. The third kappa shape index (κ3) is 2.36. The lowest BCUT2D eigenvalue weighted by Gasteiger charge is -2.26. The molecule has 26 heavy (non-hydrogen) atoms. The quantitative estimate of drug-likeness (QED) is 0.677. The Bertz CT molecular complexity index is 1190. The zero-order valence-electron chi connectivity index (χ0n) is 14.6. The zero-order chi connectivity index (χ0) is 18.3. The van der Waals surface area contributed by atoms with Gasteiger partial charge in [0.25, 0.3) is 0 Å². The molecule has 3 aromatic carbocycles. The molecule has 0 aliphatic carbocycles. The first-order valence-corrected chi connectivity index (χ1v) is 8.88. The second-order valence-corrected chi connectivity index (χ2v) is 7.04. The molecule has 0 aromatic heterocycles. The minimum Gasteiger partial charge on any atom is -0.253 e. The standard InChI is InChI=1S/C23H17ClN2/c1-15-7-3-5-9-18(15)22-19-13-17(24)11-12-21(19)26-23(22,14-25)20-10-6-4-8-16(20)2/h3-13H,1-2H3. The maximum Gasteiger partial charge on any atom is 0.198 e. The van der Waals surface area contributed by atoms with Gasteiger partial charge >= 0.3 is 0 Å². The second-order valence-electron chi connectivity index (χ2n) is 6.60. The maximum atomic E-state index is 10.4. The van der Waals surface area contributed by atoms with Gasteiger partial charge in [-0.2, -0.15) is 5.26 Å². The summed E-state index contributed by atoms with van der Waals surface area (Å²) < 4.78 is 0. The van der Waals surface area contributed by atoms with E-state index in [1.54, 1.807) is 0 Å². The number of rotatable bonds is 2. The molecule has 0 radical (unpaired) electrons. The molecule has 3 aromatic rings. The van der Waals surface area contributed by atoms with Crippen LogP contribution in [0.3, 0.4) is 0 Å². The van der Waals surface area contributed by atoms with Crippen LogP contribution in [-0.2, 0) is 5.54 Å². The van der Waals surface area contributed by atoms with Gasteiger partial charge in [-0.1, -0.05) is 60.1 Å². The van der Waals surface area contributed by atoms with E-state index in [9.17, 15) is 5.26 Å². The Hall–Kier alpha value is -2.89. The summed E-state index contributed by atoms with van der Waals surface area (Å²) in [6, 6.07) is 24.2. The highest BCUT2D eigenvalue weighted by molar-refractivity contribution is 6.30. The van der Waals surface area contributed by atoms with Crippen LogP contribution in [0.2, 0.25) is 5.02 Å². The van der Waals surface area contributed by atoms with Gasteiger partial charge < -0.3 is 0 Å². The summed E-state index contributed by atoms with van der Waals surface area (Å²) in [6.45, 7) is 4.08. The summed E-state index contributed by atoms with van der Waals surface area (Å²) in [5.74, 6) is 0. The Balaban J connectivity index is 2.19. The second kappa shape index (κ2) is 6.12. The van der Waals surface area contributed by atoms with Crippen molar-refractivity contribution in [3.8, 4) is 6.07 Å². The van der Waals surface area contributed by atoms with Crippen LogP contribution in [0, 0.1) is 25.2 Å². The summed E-state index contributed by atoms with van der Waals surface area (Å²) in [5.41, 5.74) is 3.92. The van der Waals surface area contributed by atoms with Gasteiger partial charge in [0, 0.05) is 21.4 Å². The summed E-state index contributed by atoms with van der Waals surface area (Å²) in [5, 5.41) is 12.7. The minimum atomic E-state index is -1.08. The summed E-state index contributed by atoms with van der Waals surface area (Å²) in [6.07, 6.45) is 0. The molecule has 3 heteroatoms. The molecular weight excluding hydrogens is 340 g/mol. The van der Waals surface area contributed by atoms with Crippen molar-refractivity contribution < 1.29 is 0 Å². The Morgan fingerprint density at radius 2 is 1.62 bits per heavy atom. The van der Waals surface area contributed by atoms with E-state index in [1.165, 1.54) is 0 Å². The summed E-state index contributed by atoms with van der Waals surface area (Å²) in [4.78, 5) is 4.92. The van der Waals surface area contributed by atoms with E-state index >= 15 is 0 Å². The highest BCUT2D eigenvalue weighted by Crippen LogP contribution is 2.41. The van der Waals surface area contributed by atoms with Crippen molar-refractivity contribution in [1.29, 1.82) is 5.26 Å². The van der Waals surface area contributed by atoms with Crippen LogP contribution in [-0.4, -0.2) is 0 Å². The summed E-state index contributed by atoms with van der Waals surface area (Å²) in [7, 11) is 0. The molecule has 126 valence electrons. The molecule has 0 fully saturated rings. The molecule has 1 aliphatic rings. The highest BCUT2D eigenvalue weighted by atomic mass is 35.5. The molecule has 0 saturated carbocycles. The zero-order valence-corrected chi connectivity index (χ0v) is 15.4. The first-order chi connectivity index (χ1) is 12.6. The number of benzene rings is 3. The average molecular weight is 357 g/mol. The van der Waals surface area contributed by atoms with Crippen molar-refractivity contribution >= 4 is 17.2 Å². The van der Waals surface area contributed by atoms with Crippen molar-refractivity contribution in [3.63, 3.8) is 0 Å². The van der Waals surface area contributed by atoms with Crippen LogP contribution in [0.25, 0.3) is 5.57 Å². The minimum absolute atomic E-state index is 0.642. The fraction of sp³-hybridized carbons (Fsp3) is 0.130. The van der Waals surface area contributed by atoms with Gasteiger partial charge in [0.05, 0.1) is 5.36 Å². The van der Waals surface area contributed by atoms with Crippen LogP contribution in [0.1, 0.15) is 22.3 Å². The van der Waals surface area contributed by atoms with E-state index in [0.717, 1.165) is 38.4 Å². The molecule has 1 unspecified atom stereocenters. The number of halogens is 1. The van der Waals surface area contributed by atoms with Gasteiger partial charge in [0.1, 0.15) is 6.07 Å². The molecule has 0 spiro atoms. The topological polar surface area (TPSA) is 36.1 Å². The average Bonchev–Trinajstić information content (AvgIpc) is 2.97. The van der Waals surface area contributed by atoms with Crippen molar-refractivity contribution in [2.75, 3.05) is 0 Å². The largest absolute Gasteiger partial charge is 0.253 e. The first-order valence-electron chi connectivity index (χ1n) is 8.50. The molecule has 1 atom stereocenters. The van der Waals surface area contributed by atoms with Crippen molar-refractivity contribution in [2.45, 2.75) is 19.4 Å². The van der Waals surface area contributed by atoms with Crippen LogP contribution >= 0.6 is 11.6 Å². The number of hydrogen-bond donors (Lipinski definition) is 0. The SMILES string of the molecule is Cc1ccccc1C1=c2cc(Cl)ccc2=NC1(C#N)c1ccccc1C. The van der Waals surface area contributed by atoms with E-state index < -0.39 is 5.54 Å². The lowest BCUT2D eigenvalue weighted by molar-refractivity contribution is 0.739. The Morgan fingerprint density at radius 3 is 2.31 bits per heavy atom. The van der Waals surface area contributed by atoms with Crippen LogP contribution in [0.5, 0.6) is 0 Å². The van der Waals surface area contributed by atoms with E-state index in [1.807, 2.05) is 61.5 Å². The number of aryl methyl sites for hydroxylation is 2. The van der Waals surface area contributed by atoms with Crippen LogP contribution in [0.15, 0.2) is 71.7 Å². The van der Waals surface area contributed by atoms with Crippen molar-refractivity contribution in [2.24, 2.45) is 4.99 Å². The van der Waals surface area contributed by atoms with E-state index in [0.29, 0.717) is 5.02 Å². The third-order valence-electron chi connectivity index (χ3n) is 4.99. The van der Waals surface area contributed by atoms with E-state index in [2.05, 4.69) is 25.1 Å². The van der Waals surface area contributed by atoms with Crippen LogP contribution in [0.4, 0.5) is 0 Å². The van der Waals surface area contributed by atoms with Gasteiger partial charge in [-0.05, 0) is 48.7 Å². The first kappa shape index (κ1) is 16.6. The normalized spacial score (nSPS) is 18.2. The summed E-state index contributed by atoms with van der Waals surface area (Å²) >= 11 is 6.29. The molecule has 1 heterocycles. The van der Waals surface area contributed by atoms with Crippen LogP contribution < -0.4 is 10.6 Å². The predicted octanol–water partition coefficient (Wildman–Crippen LogP) is 4.21. The fourth-order valence-electron chi connectivity index (χ4n) is 3.75. The Morgan fingerprint density at radius 1 is 0.923 bits per heavy atom. The third-order valence-corrected chi connectivity index (χ3v) is 5.22. The highest BCUT2D eigenvalue weighted by Gasteiger charge is 2.42.